The first-order valence-electron chi connectivity index (χ1n) is 3.93. The van der Waals surface area contributed by atoms with Gasteiger partial charge in [0.25, 0.3) is 0 Å². The van der Waals surface area contributed by atoms with E-state index < -0.39 is 5.60 Å². The van der Waals surface area contributed by atoms with Crippen molar-refractivity contribution in [3.05, 3.63) is 0 Å². The quantitative estimate of drug-likeness (QED) is 0.588. The summed E-state index contributed by atoms with van der Waals surface area (Å²) in [5, 5.41) is 9.78. The van der Waals surface area contributed by atoms with E-state index in [0.29, 0.717) is 6.04 Å². The van der Waals surface area contributed by atoms with E-state index >= 15 is 0 Å². The van der Waals surface area contributed by atoms with Gasteiger partial charge in [0.05, 0.1) is 5.60 Å². The highest BCUT2D eigenvalue weighted by Crippen LogP contribution is 2.31. The number of aliphatic hydroxyl groups is 1. The highest BCUT2D eigenvalue weighted by atomic mass is 16.3. The molecule has 2 heteroatoms. The molecule has 0 aromatic rings. The molecule has 2 atom stereocenters. The van der Waals surface area contributed by atoms with E-state index in [-0.39, 0.29) is 0 Å². The molecule has 1 aliphatic carbocycles. The fourth-order valence-electron chi connectivity index (χ4n) is 1.95. The van der Waals surface area contributed by atoms with Crippen molar-refractivity contribution in [2.24, 2.45) is 0 Å². The monoisotopic (exact) mass is 143 g/mol. The molecule has 0 bridgehead atoms. The minimum Gasteiger partial charge on any atom is -0.389 e. The maximum atomic E-state index is 9.78. The van der Waals surface area contributed by atoms with Gasteiger partial charge in [-0.3, -0.25) is 0 Å². The Labute approximate surface area is 62.8 Å². The summed E-state index contributed by atoms with van der Waals surface area (Å²) in [4.78, 5) is 2.12. The Hall–Kier alpha value is -0.0800. The van der Waals surface area contributed by atoms with Gasteiger partial charge in [0.1, 0.15) is 0 Å². The van der Waals surface area contributed by atoms with Crippen LogP contribution >= 0.6 is 0 Å². The second-order valence-electron chi connectivity index (χ2n) is 3.73. The molecular weight excluding hydrogens is 126 g/mol. The highest BCUT2D eigenvalue weighted by Gasteiger charge is 2.37. The Balaban J connectivity index is 2.59. The van der Waals surface area contributed by atoms with Crippen LogP contribution in [0.1, 0.15) is 26.2 Å². The lowest BCUT2D eigenvalue weighted by molar-refractivity contribution is 0.00414. The van der Waals surface area contributed by atoms with Crippen molar-refractivity contribution in [3.63, 3.8) is 0 Å². The van der Waals surface area contributed by atoms with Gasteiger partial charge < -0.3 is 10.0 Å². The van der Waals surface area contributed by atoms with Crippen molar-refractivity contribution in [3.8, 4) is 0 Å². The average molecular weight is 143 g/mol. The van der Waals surface area contributed by atoms with Crippen LogP contribution in [-0.4, -0.2) is 35.7 Å². The van der Waals surface area contributed by atoms with Crippen LogP contribution in [0.25, 0.3) is 0 Å². The molecule has 1 aliphatic rings. The molecule has 0 spiro atoms. The van der Waals surface area contributed by atoms with Gasteiger partial charge in [-0.1, -0.05) is 0 Å². The zero-order valence-corrected chi connectivity index (χ0v) is 7.09. The Morgan fingerprint density at radius 2 is 2.10 bits per heavy atom. The van der Waals surface area contributed by atoms with Crippen molar-refractivity contribution >= 4 is 0 Å². The molecule has 0 amide bonds. The minimum absolute atomic E-state index is 0.368. The van der Waals surface area contributed by atoms with Gasteiger partial charge in [-0.2, -0.15) is 0 Å². The summed E-state index contributed by atoms with van der Waals surface area (Å²) in [5.41, 5.74) is -0.441. The van der Waals surface area contributed by atoms with Crippen LogP contribution in [-0.2, 0) is 0 Å². The molecule has 1 N–H and O–H groups in total. The Kier molecular flexibility index (Phi) is 2.02. The summed E-state index contributed by atoms with van der Waals surface area (Å²) in [6.07, 6.45) is 3.26. The lowest BCUT2D eigenvalue weighted by Gasteiger charge is -2.30. The summed E-state index contributed by atoms with van der Waals surface area (Å²) in [7, 11) is 4.06. The van der Waals surface area contributed by atoms with Crippen LogP contribution in [0.2, 0.25) is 0 Å². The van der Waals surface area contributed by atoms with Gasteiger partial charge in [-0.15, -0.1) is 0 Å². The first kappa shape index (κ1) is 8.02. The van der Waals surface area contributed by atoms with E-state index in [0.717, 1.165) is 19.3 Å². The van der Waals surface area contributed by atoms with E-state index in [9.17, 15) is 5.11 Å². The molecule has 60 valence electrons. The van der Waals surface area contributed by atoms with Gasteiger partial charge in [-0.25, -0.2) is 0 Å². The molecule has 0 heterocycles. The van der Waals surface area contributed by atoms with E-state index in [4.69, 9.17) is 0 Å². The molecule has 0 aliphatic heterocycles. The second-order valence-corrected chi connectivity index (χ2v) is 3.73. The third-order valence-corrected chi connectivity index (χ3v) is 2.50. The fraction of sp³-hybridized carbons (Fsp3) is 1.00. The highest BCUT2D eigenvalue weighted by molar-refractivity contribution is 4.93. The fourth-order valence-corrected chi connectivity index (χ4v) is 1.95. The van der Waals surface area contributed by atoms with Gasteiger partial charge >= 0.3 is 0 Å². The van der Waals surface area contributed by atoms with Crippen molar-refractivity contribution in [2.45, 2.75) is 37.8 Å². The number of hydrogen-bond acceptors (Lipinski definition) is 2. The smallest absolute Gasteiger partial charge is 0.0774 e. The first-order chi connectivity index (χ1) is 4.54. The van der Waals surface area contributed by atoms with Crippen LogP contribution in [0, 0.1) is 0 Å². The van der Waals surface area contributed by atoms with Gasteiger partial charge in [-0.05, 0) is 40.3 Å². The van der Waals surface area contributed by atoms with E-state index in [1.807, 2.05) is 21.0 Å². The lowest BCUT2D eigenvalue weighted by atomic mass is 10.00. The topological polar surface area (TPSA) is 23.5 Å². The molecule has 0 saturated heterocycles. The summed E-state index contributed by atoms with van der Waals surface area (Å²) in [6, 6.07) is 0.368. The number of nitrogens with zero attached hydrogens (tertiary/aromatic N) is 1. The number of likely N-dealkylation sites (N-methyl/N-ethyl adjacent to an activating group) is 1. The standard InChI is InChI=1S/C8H17NO/c1-8(10)6-4-5-7(8)9(2)3/h7,10H,4-6H2,1-3H3. The Morgan fingerprint density at radius 3 is 2.30 bits per heavy atom. The lowest BCUT2D eigenvalue weighted by Crippen LogP contribution is -2.43. The van der Waals surface area contributed by atoms with Crippen LogP contribution < -0.4 is 0 Å². The van der Waals surface area contributed by atoms with Gasteiger partial charge in [0.15, 0.2) is 0 Å². The molecule has 1 rings (SSSR count). The largest absolute Gasteiger partial charge is 0.389 e. The number of hydrogen-bond donors (Lipinski definition) is 1. The summed E-state index contributed by atoms with van der Waals surface area (Å²) < 4.78 is 0. The number of rotatable bonds is 1. The van der Waals surface area contributed by atoms with Crippen LogP contribution in [0.3, 0.4) is 0 Å². The van der Waals surface area contributed by atoms with Crippen molar-refractivity contribution in [1.29, 1.82) is 0 Å². The average Bonchev–Trinajstić information content (AvgIpc) is 2.08. The molecule has 0 radical (unpaired) electrons. The maximum absolute atomic E-state index is 9.78. The van der Waals surface area contributed by atoms with Crippen molar-refractivity contribution in [1.82, 2.24) is 4.90 Å². The SMILES string of the molecule is CN(C)C1CCCC1(C)O. The van der Waals surface area contributed by atoms with E-state index in [1.165, 1.54) is 0 Å². The van der Waals surface area contributed by atoms with Crippen LogP contribution in [0.4, 0.5) is 0 Å². The maximum Gasteiger partial charge on any atom is 0.0774 e. The molecule has 1 saturated carbocycles. The van der Waals surface area contributed by atoms with Gasteiger partial charge in [0.2, 0.25) is 0 Å². The second kappa shape index (κ2) is 2.51. The van der Waals surface area contributed by atoms with E-state index in [2.05, 4.69) is 4.90 Å². The molecule has 0 aromatic heterocycles. The molecule has 1 fully saturated rings. The van der Waals surface area contributed by atoms with Crippen LogP contribution in [0.5, 0.6) is 0 Å². The third-order valence-electron chi connectivity index (χ3n) is 2.50. The summed E-state index contributed by atoms with van der Waals surface area (Å²) >= 11 is 0. The zero-order chi connectivity index (χ0) is 7.78. The molecule has 2 nitrogen and oxygen atoms in total. The Morgan fingerprint density at radius 1 is 1.50 bits per heavy atom. The predicted octanol–water partition coefficient (Wildman–Crippen LogP) is 0.851. The van der Waals surface area contributed by atoms with Crippen molar-refractivity contribution < 1.29 is 5.11 Å². The summed E-state index contributed by atoms with van der Waals surface area (Å²) in [5.74, 6) is 0. The predicted molar refractivity (Wildman–Crippen MR) is 41.9 cm³/mol. The Bertz CT molecular complexity index is 120. The molecule has 10 heavy (non-hydrogen) atoms. The molecule has 0 aromatic carbocycles. The summed E-state index contributed by atoms with van der Waals surface area (Å²) in [6.45, 7) is 1.94. The normalized spacial score (nSPS) is 41.1. The molecular formula is C8H17NO. The third kappa shape index (κ3) is 1.32. The van der Waals surface area contributed by atoms with Crippen LogP contribution in [0.15, 0.2) is 0 Å². The molecule has 2 unspecified atom stereocenters. The zero-order valence-electron chi connectivity index (χ0n) is 7.09. The van der Waals surface area contributed by atoms with Gasteiger partial charge in [0, 0.05) is 6.04 Å². The van der Waals surface area contributed by atoms with E-state index in [1.54, 1.807) is 0 Å². The van der Waals surface area contributed by atoms with Crippen molar-refractivity contribution in [2.75, 3.05) is 14.1 Å². The first-order valence-corrected chi connectivity index (χ1v) is 3.93. The minimum atomic E-state index is -0.441.